The predicted octanol–water partition coefficient (Wildman–Crippen LogP) is 19.6. The SMILES string of the molecule is CC(C)(C)c1ccc(-n2c(-c3cc(C(C)(C)C)cc(C(C)(C)C)c3O)nc3c(-c4[c-]c(-c5cc(-c6ccc7c(c6)C(C)(C)CCCC7(C)C)ccn5)cc5c4C(C)(C)CCCC5(C)C)cccc32)c(-c2ccccc2)c1.[Pt]. The molecule has 8 aromatic rings. The quantitative estimate of drug-likeness (QED) is 0.133. The van der Waals surface area contributed by atoms with Crippen LogP contribution in [0, 0.1) is 6.07 Å². The predicted molar refractivity (Wildman–Crippen MR) is 322 cm³/mol. The molecular formula is C72H84N3OPt-. The molecule has 404 valence electrons. The van der Waals surface area contributed by atoms with Crippen LogP contribution in [0.1, 0.15) is 195 Å². The van der Waals surface area contributed by atoms with Crippen LogP contribution in [0.3, 0.4) is 0 Å². The third kappa shape index (κ3) is 10.4. The number of pyridine rings is 1. The van der Waals surface area contributed by atoms with Crippen molar-refractivity contribution in [2.45, 2.75) is 194 Å². The molecule has 10 rings (SSSR count). The van der Waals surface area contributed by atoms with Gasteiger partial charge in [0.1, 0.15) is 11.6 Å². The molecule has 0 radical (unpaired) electrons. The van der Waals surface area contributed by atoms with E-state index in [2.05, 4.69) is 244 Å². The molecule has 2 heterocycles. The van der Waals surface area contributed by atoms with Gasteiger partial charge in [-0.3, -0.25) is 9.55 Å². The van der Waals surface area contributed by atoms with Gasteiger partial charge in [-0.25, -0.2) is 4.98 Å². The van der Waals surface area contributed by atoms with Gasteiger partial charge in [-0.05, 0) is 126 Å². The average molecular weight is 1200 g/mol. The molecule has 2 aliphatic carbocycles. The van der Waals surface area contributed by atoms with E-state index in [1.807, 2.05) is 6.20 Å². The fraction of sp³-hybridized carbons (Fsp3) is 0.417. The van der Waals surface area contributed by atoms with Crippen LogP contribution in [0.4, 0.5) is 0 Å². The molecule has 0 aliphatic heterocycles. The van der Waals surface area contributed by atoms with Crippen molar-refractivity contribution in [2.75, 3.05) is 0 Å². The van der Waals surface area contributed by atoms with Crippen molar-refractivity contribution in [2.24, 2.45) is 0 Å². The van der Waals surface area contributed by atoms with Crippen LogP contribution in [0.15, 0.2) is 121 Å². The summed E-state index contributed by atoms with van der Waals surface area (Å²) in [6.45, 7) is 39.6. The van der Waals surface area contributed by atoms with E-state index in [4.69, 9.17) is 9.97 Å². The van der Waals surface area contributed by atoms with Gasteiger partial charge in [-0.2, -0.15) is 0 Å². The van der Waals surface area contributed by atoms with Crippen LogP contribution >= 0.6 is 0 Å². The van der Waals surface area contributed by atoms with Gasteiger partial charge in [0.2, 0.25) is 0 Å². The van der Waals surface area contributed by atoms with E-state index in [9.17, 15) is 5.11 Å². The summed E-state index contributed by atoms with van der Waals surface area (Å²) < 4.78 is 2.34. The van der Waals surface area contributed by atoms with Crippen LogP contribution in [-0.4, -0.2) is 19.6 Å². The Balaban J connectivity index is 0.00000722. The van der Waals surface area contributed by atoms with E-state index >= 15 is 0 Å². The second kappa shape index (κ2) is 19.7. The molecule has 0 atom stereocenters. The molecule has 5 heteroatoms. The van der Waals surface area contributed by atoms with E-state index < -0.39 is 0 Å². The van der Waals surface area contributed by atoms with Crippen molar-refractivity contribution < 1.29 is 26.2 Å². The molecule has 0 spiro atoms. The van der Waals surface area contributed by atoms with Crippen LogP contribution < -0.4 is 0 Å². The standard InChI is InChI=1S/C72H84N3O.Pt/c1-66(2,3)49-29-31-60(52(42-49)45-24-19-18-20-25-45)75-61-27-21-26-51(63(61)74-65(75)54-43-50(67(4,5)6)44-58(64(54)76)68(7,8)9)53-38-48(40-57-62(53)72(16,17)36-23-35-71(57,14)15)59-41-47(32-37-73-59)46-28-30-55-56(39-46)70(12,13)34-22-33-69(55,10)11;/h18-21,24-32,37,39-44,76H,22-23,33-36H2,1-17H3;/q-1;. The number of nitrogens with zero attached hydrogens (tertiary/aromatic N) is 3. The Morgan fingerprint density at radius 2 is 1.13 bits per heavy atom. The normalized spacial score (nSPS) is 16.9. The Morgan fingerprint density at radius 3 is 1.78 bits per heavy atom. The summed E-state index contributed by atoms with van der Waals surface area (Å²) in [6, 6.07) is 47.1. The second-order valence-electron chi connectivity index (χ2n) is 28.5. The summed E-state index contributed by atoms with van der Waals surface area (Å²) in [5.41, 5.74) is 20.5. The summed E-state index contributed by atoms with van der Waals surface area (Å²) in [7, 11) is 0. The van der Waals surface area contributed by atoms with E-state index in [1.54, 1.807) is 0 Å². The average Bonchev–Trinajstić information content (AvgIpc) is 3.67. The van der Waals surface area contributed by atoms with Crippen LogP contribution in [0.25, 0.3) is 72.7 Å². The number of hydrogen-bond acceptors (Lipinski definition) is 3. The Morgan fingerprint density at radius 1 is 0.519 bits per heavy atom. The fourth-order valence-electron chi connectivity index (χ4n) is 12.8. The number of phenols is 1. The second-order valence-corrected chi connectivity index (χ2v) is 28.5. The first-order valence-corrected chi connectivity index (χ1v) is 28.3. The molecule has 1 N–H and O–H groups in total. The van der Waals surface area contributed by atoms with Gasteiger partial charge in [0, 0.05) is 44.1 Å². The van der Waals surface area contributed by atoms with Crippen LogP contribution in [0.5, 0.6) is 5.75 Å². The van der Waals surface area contributed by atoms with Crippen molar-refractivity contribution in [3.05, 3.63) is 166 Å². The van der Waals surface area contributed by atoms with E-state index in [1.165, 1.54) is 58.2 Å². The number of benzene rings is 6. The maximum absolute atomic E-state index is 12.8. The number of aromatic hydroxyl groups is 1. The fourth-order valence-corrected chi connectivity index (χ4v) is 12.8. The maximum Gasteiger partial charge on any atom is 0.148 e. The molecule has 0 saturated heterocycles. The van der Waals surface area contributed by atoms with Gasteiger partial charge in [0.15, 0.2) is 0 Å². The van der Waals surface area contributed by atoms with E-state index in [0.29, 0.717) is 5.82 Å². The molecule has 2 aliphatic rings. The first-order chi connectivity index (χ1) is 35.5. The molecule has 4 nitrogen and oxygen atoms in total. The molecular weight excluding hydrogens is 1120 g/mol. The maximum atomic E-state index is 12.8. The summed E-state index contributed by atoms with van der Waals surface area (Å²) in [5, 5.41) is 12.8. The first-order valence-electron chi connectivity index (χ1n) is 28.3. The number of fused-ring (bicyclic) bond motifs is 3. The van der Waals surface area contributed by atoms with Gasteiger partial charge in [-0.15, -0.1) is 28.8 Å². The Hall–Kier alpha value is -5.57. The molecule has 6 aromatic carbocycles. The summed E-state index contributed by atoms with van der Waals surface area (Å²) in [6.07, 6.45) is 8.86. The van der Waals surface area contributed by atoms with Crippen molar-refractivity contribution in [1.29, 1.82) is 0 Å². The van der Waals surface area contributed by atoms with Gasteiger partial charge in [0.05, 0.1) is 22.3 Å². The Bertz CT molecular complexity index is 3550. The van der Waals surface area contributed by atoms with E-state index in [-0.39, 0.29) is 64.7 Å². The minimum Gasteiger partial charge on any atom is -0.507 e. The van der Waals surface area contributed by atoms with Gasteiger partial charge < -0.3 is 5.11 Å². The molecule has 0 amide bonds. The van der Waals surface area contributed by atoms with Crippen molar-refractivity contribution in [3.63, 3.8) is 0 Å². The zero-order chi connectivity index (χ0) is 54.7. The Labute approximate surface area is 476 Å². The third-order valence-electron chi connectivity index (χ3n) is 17.7. The van der Waals surface area contributed by atoms with Crippen LogP contribution in [-0.2, 0) is 59.0 Å². The number of para-hydroxylation sites is 1. The number of phenolic OH excluding ortho intramolecular Hbond substituents is 1. The van der Waals surface area contributed by atoms with Gasteiger partial charge in [-0.1, -0.05) is 227 Å². The topological polar surface area (TPSA) is 50.9 Å². The molecule has 0 bridgehead atoms. The largest absolute Gasteiger partial charge is 0.507 e. The molecule has 77 heavy (non-hydrogen) atoms. The van der Waals surface area contributed by atoms with Gasteiger partial charge in [0.25, 0.3) is 0 Å². The molecule has 2 aromatic heterocycles. The summed E-state index contributed by atoms with van der Waals surface area (Å²) in [5.74, 6) is 0.977. The van der Waals surface area contributed by atoms with Crippen molar-refractivity contribution in [3.8, 4) is 67.5 Å². The number of rotatable bonds is 6. The van der Waals surface area contributed by atoms with Crippen LogP contribution in [0.2, 0.25) is 0 Å². The molecule has 0 unspecified atom stereocenters. The Kier molecular flexibility index (Phi) is 14.3. The number of imidazole rings is 1. The molecule has 0 fully saturated rings. The smallest absolute Gasteiger partial charge is 0.148 e. The third-order valence-corrected chi connectivity index (χ3v) is 17.7. The van der Waals surface area contributed by atoms with Crippen molar-refractivity contribution >= 4 is 11.0 Å². The minimum atomic E-state index is -0.338. The molecule has 0 saturated carbocycles. The number of hydrogen-bond donors (Lipinski definition) is 1. The monoisotopic (exact) mass is 1200 g/mol. The minimum absolute atomic E-state index is 0. The number of aromatic nitrogens is 3. The van der Waals surface area contributed by atoms with Gasteiger partial charge >= 0.3 is 0 Å². The first kappa shape index (κ1) is 56.2. The zero-order valence-electron chi connectivity index (χ0n) is 49.4. The summed E-state index contributed by atoms with van der Waals surface area (Å²) in [4.78, 5) is 11.1. The summed E-state index contributed by atoms with van der Waals surface area (Å²) >= 11 is 0. The van der Waals surface area contributed by atoms with E-state index in [0.717, 1.165) is 86.2 Å². The van der Waals surface area contributed by atoms with Crippen molar-refractivity contribution in [1.82, 2.24) is 14.5 Å². The zero-order valence-corrected chi connectivity index (χ0v) is 51.7.